The Morgan fingerprint density at radius 2 is 1.18 bits per heavy atom. The molecule has 264 valence electrons. The lowest BCUT2D eigenvalue weighted by Gasteiger charge is -2.29. The number of ether oxygens (including phenoxy) is 1. The molecule has 1 N–H and O–H groups in total. The number of nitrogens with one attached hydrogen (secondary N) is 1. The van der Waals surface area contributed by atoms with E-state index < -0.39 is 0 Å². The van der Waals surface area contributed by atoms with E-state index in [1.54, 1.807) is 4.90 Å². The van der Waals surface area contributed by atoms with Crippen molar-refractivity contribution in [3.8, 4) is 0 Å². The van der Waals surface area contributed by atoms with Crippen LogP contribution >= 0.6 is 68.4 Å². The van der Waals surface area contributed by atoms with Crippen LogP contribution in [0.25, 0.3) is 11.1 Å². The van der Waals surface area contributed by atoms with Crippen LogP contribution in [0, 0.1) is 7.14 Å². The van der Waals surface area contributed by atoms with Crippen LogP contribution in [-0.4, -0.2) is 53.7 Å². The smallest absolute Gasteiger partial charge is 0.409 e. The van der Waals surface area contributed by atoms with Crippen LogP contribution in [0.2, 0.25) is 10.0 Å². The van der Waals surface area contributed by atoms with Crippen molar-refractivity contribution in [2.24, 2.45) is 0 Å². The van der Waals surface area contributed by atoms with Crippen molar-refractivity contribution in [1.29, 1.82) is 0 Å². The summed E-state index contributed by atoms with van der Waals surface area (Å²) >= 11 is 17.2. The van der Waals surface area contributed by atoms with E-state index in [4.69, 9.17) is 37.9 Å². The third kappa shape index (κ3) is 8.35. The summed E-state index contributed by atoms with van der Waals surface area (Å²) in [6.07, 6.45) is 11.6. The largest absolute Gasteiger partial charge is 0.450 e. The van der Waals surface area contributed by atoms with Crippen molar-refractivity contribution in [2.45, 2.75) is 58.3 Å². The quantitative estimate of drug-likeness (QED) is 0.193. The number of pyridine rings is 2. The van der Waals surface area contributed by atoms with Crippen LogP contribution in [-0.2, 0) is 30.4 Å². The number of rotatable bonds is 1. The van der Waals surface area contributed by atoms with Crippen molar-refractivity contribution in [3.05, 3.63) is 134 Å². The minimum atomic E-state index is -0.215. The van der Waals surface area contributed by atoms with E-state index in [0.29, 0.717) is 19.7 Å². The molecule has 10 heteroatoms. The maximum absolute atomic E-state index is 12.1. The van der Waals surface area contributed by atoms with E-state index in [1.807, 2.05) is 31.5 Å². The molecule has 0 atom stereocenters. The Hall–Kier alpha value is -2.51. The van der Waals surface area contributed by atoms with Gasteiger partial charge >= 0.3 is 6.09 Å². The second kappa shape index (κ2) is 16.7. The monoisotopic (exact) mass is 944 g/mol. The van der Waals surface area contributed by atoms with Crippen LogP contribution in [0.15, 0.2) is 72.1 Å². The molecule has 0 saturated carbocycles. The molecular formula is C41H40Cl2I2N4O2. The Morgan fingerprint density at radius 3 is 1.67 bits per heavy atom. The van der Waals surface area contributed by atoms with Crippen LogP contribution in [0.5, 0.6) is 0 Å². The average molecular weight is 946 g/mol. The van der Waals surface area contributed by atoms with E-state index in [9.17, 15) is 4.79 Å². The van der Waals surface area contributed by atoms with Gasteiger partial charge in [0.1, 0.15) is 0 Å². The van der Waals surface area contributed by atoms with Gasteiger partial charge in [-0.1, -0.05) is 46.5 Å². The number of likely N-dealkylation sites (tertiary alicyclic amines) is 1. The van der Waals surface area contributed by atoms with Gasteiger partial charge in [-0.3, -0.25) is 9.97 Å². The highest BCUT2D eigenvalue weighted by molar-refractivity contribution is 14.1. The van der Waals surface area contributed by atoms with E-state index in [2.05, 4.69) is 86.9 Å². The number of halogens is 4. The SMILES string of the molecule is CCOC(=O)N1CCC(=C2c3ccc(Cl)cc3CCc3cc(I)cnc32)CC1.Clc1ccc2c(c1)CCc1cc(I)cnc1C2=C1CCNCC1. The summed E-state index contributed by atoms with van der Waals surface area (Å²) in [6.45, 7) is 5.73. The number of aromatic nitrogens is 2. The van der Waals surface area contributed by atoms with Gasteiger partial charge in [-0.2, -0.15) is 0 Å². The molecule has 2 fully saturated rings. The molecule has 51 heavy (non-hydrogen) atoms. The minimum Gasteiger partial charge on any atom is -0.450 e. The normalized spacial score (nSPS) is 16.8. The Kier molecular flexibility index (Phi) is 12.0. The maximum atomic E-state index is 12.1. The van der Waals surface area contributed by atoms with Gasteiger partial charge in [0.25, 0.3) is 0 Å². The first kappa shape index (κ1) is 36.8. The second-order valence-electron chi connectivity index (χ2n) is 13.3. The van der Waals surface area contributed by atoms with Crippen LogP contribution < -0.4 is 5.32 Å². The Morgan fingerprint density at radius 1 is 0.706 bits per heavy atom. The first-order chi connectivity index (χ1) is 24.8. The highest BCUT2D eigenvalue weighted by Gasteiger charge is 2.28. The van der Waals surface area contributed by atoms with Gasteiger partial charge in [-0.05, 0) is 186 Å². The third-order valence-corrected chi connectivity index (χ3v) is 11.8. The number of aryl methyl sites for hydroxylation is 4. The topological polar surface area (TPSA) is 67.3 Å². The van der Waals surface area contributed by atoms with E-state index in [-0.39, 0.29) is 6.09 Å². The second-order valence-corrected chi connectivity index (χ2v) is 16.7. The Balaban J connectivity index is 0.000000162. The molecule has 2 aromatic carbocycles. The summed E-state index contributed by atoms with van der Waals surface area (Å²) in [5.41, 5.74) is 15.6. The lowest BCUT2D eigenvalue weighted by Crippen LogP contribution is -2.37. The first-order valence-electron chi connectivity index (χ1n) is 17.7. The number of nitrogens with zero attached hydrogens (tertiary/aromatic N) is 3. The summed E-state index contributed by atoms with van der Waals surface area (Å²) in [7, 11) is 0. The first-order valence-corrected chi connectivity index (χ1v) is 20.6. The lowest BCUT2D eigenvalue weighted by molar-refractivity contribution is 0.104. The third-order valence-electron chi connectivity index (χ3n) is 10.1. The molecule has 0 bridgehead atoms. The molecule has 1 amide bonds. The average Bonchev–Trinajstić information content (AvgIpc) is 3.39. The number of piperidine rings is 2. The molecule has 2 aromatic heterocycles. The maximum Gasteiger partial charge on any atom is 0.409 e. The van der Waals surface area contributed by atoms with Crippen molar-refractivity contribution in [3.63, 3.8) is 0 Å². The molecule has 8 rings (SSSR count). The van der Waals surface area contributed by atoms with Gasteiger partial charge < -0.3 is 15.0 Å². The van der Waals surface area contributed by atoms with Crippen LogP contribution in [0.4, 0.5) is 4.79 Å². The van der Waals surface area contributed by atoms with Gasteiger partial charge in [0.15, 0.2) is 0 Å². The summed E-state index contributed by atoms with van der Waals surface area (Å²) in [6, 6.07) is 17.1. The lowest BCUT2D eigenvalue weighted by atomic mass is 9.88. The summed E-state index contributed by atoms with van der Waals surface area (Å²) in [5, 5.41) is 5.06. The van der Waals surface area contributed by atoms with Gasteiger partial charge in [0, 0.05) is 53.8 Å². The number of benzene rings is 2. The molecule has 0 spiro atoms. The fourth-order valence-corrected chi connectivity index (χ4v) is 9.15. The molecule has 4 heterocycles. The molecule has 6 nitrogen and oxygen atoms in total. The van der Waals surface area contributed by atoms with Gasteiger partial charge in [0.05, 0.1) is 18.0 Å². The van der Waals surface area contributed by atoms with Gasteiger partial charge in [-0.15, -0.1) is 0 Å². The number of hydrogen-bond donors (Lipinski definition) is 1. The molecule has 2 aliphatic carbocycles. The zero-order chi connectivity index (χ0) is 35.5. The van der Waals surface area contributed by atoms with E-state index in [0.717, 1.165) is 83.8 Å². The van der Waals surface area contributed by atoms with Crippen LogP contribution in [0.1, 0.15) is 77.4 Å². The molecule has 0 radical (unpaired) electrons. The highest BCUT2D eigenvalue weighted by Crippen LogP contribution is 2.40. The molecule has 0 unspecified atom stereocenters. The molecule has 2 aliphatic heterocycles. The number of amides is 1. The molecule has 2 saturated heterocycles. The Bertz CT molecular complexity index is 1920. The Labute approximate surface area is 337 Å². The van der Waals surface area contributed by atoms with Crippen molar-refractivity contribution in [1.82, 2.24) is 20.2 Å². The van der Waals surface area contributed by atoms with E-state index in [1.165, 1.54) is 64.9 Å². The van der Waals surface area contributed by atoms with Crippen molar-refractivity contribution in [2.75, 3.05) is 32.8 Å². The zero-order valence-corrected chi connectivity index (χ0v) is 34.5. The van der Waals surface area contributed by atoms with E-state index >= 15 is 0 Å². The minimum absolute atomic E-state index is 0.215. The summed E-state index contributed by atoms with van der Waals surface area (Å²) < 4.78 is 7.53. The van der Waals surface area contributed by atoms with Gasteiger partial charge in [0.2, 0.25) is 0 Å². The zero-order valence-electron chi connectivity index (χ0n) is 28.6. The summed E-state index contributed by atoms with van der Waals surface area (Å²) in [5.74, 6) is 0. The number of carbonyl (C=O) groups excluding carboxylic acids is 1. The molecule has 4 aromatic rings. The standard InChI is InChI=1S/C22H22ClIN2O2.C19H18ClIN2/c1-2-28-22(27)26-9-7-14(8-10-26)20-19-6-5-17(23)11-15(19)3-4-16-12-18(24)13-25-21(16)20;20-15-3-4-17-13(9-15)1-2-14-10-16(21)11-23-19(14)18(17)12-5-7-22-8-6-12/h5-6,11-13H,2-4,7-10H2,1H3;3-4,9-11,22H,1-2,5-8H2. The fourth-order valence-electron chi connectivity index (χ4n) is 7.73. The molecular weight excluding hydrogens is 905 g/mol. The van der Waals surface area contributed by atoms with Crippen LogP contribution in [0.3, 0.4) is 0 Å². The molecule has 4 aliphatic rings. The van der Waals surface area contributed by atoms with Crippen molar-refractivity contribution < 1.29 is 9.53 Å². The van der Waals surface area contributed by atoms with Crippen molar-refractivity contribution >= 4 is 85.6 Å². The fraction of sp³-hybridized carbons (Fsp3) is 0.341. The predicted molar refractivity (Wildman–Crippen MR) is 224 cm³/mol. The summed E-state index contributed by atoms with van der Waals surface area (Å²) in [4.78, 5) is 23.5. The number of hydrogen-bond acceptors (Lipinski definition) is 5. The number of carbonyl (C=O) groups is 1. The van der Waals surface area contributed by atoms with Gasteiger partial charge in [-0.25, -0.2) is 4.79 Å². The highest BCUT2D eigenvalue weighted by atomic mass is 127. The number of fused-ring (bicyclic) bond motifs is 4. The predicted octanol–water partition coefficient (Wildman–Crippen LogP) is 10.1.